The molecular formula is C28H29FN8O5S. The van der Waals surface area contributed by atoms with Crippen molar-refractivity contribution < 1.29 is 22.3 Å². The van der Waals surface area contributed by atoms with Gasteiger partial charge in [0.25, 0.3) is 0 Å². The van der Waals surface area contributed by atoms with Gasteiger partial charge in [-0.05, 0) is 30.7 Å². The Morgan fingerprint density at radius 2 is 2.02 bits per heavy atom. The first-order valence-corrected chi connectivity index (χ1v) is 15.4. The van der Waals surface area contributed by atoms with E-state index < -0.39 is 21.3 Å². The fourth-order valence-electron chi connectivity index (χ4n) is 5.61. The van der Waals surface area contributed by atoms with Crippen LogP contribution in [0.4, 0.5) is 15.9 Å². The van der Waals surface area contributed by atoms with Crippen LogP contribution in [0.2, 0.25) is 0 Å². The molecule has 0 saturated carbocycles. The third kappa shape index (κ3) is 4.83. The monoisotopic (exact) mass is 608 g/mol. The minimum absolute atomic E-state index is 0.0187. The lowest BCUT2D eigenvalue weighted by Gasteiger charge is -2.40. The van der Waals surface area contributed by atoms with Gasteiger partial charge in [0.15, 0.2) is 21.3 Å². The van der Waals surface area contributed by atoms with Gasteiger partial charge in [-0.25, -0.2) is 27.2 Å². The van der Waals surface area contributed by atoms with Gasteiger partial charge < -0.3 is 20.3 Å². The molecule has 3 aromatic heterocycles. The van der Waals surface area contributed by atoms with Crippen LogP contribution in [0, 0.1) is 5.82 Å². The van der Waals surface area contributed by atoms with E-state index in [-0.39, 0.29) is 62.4 Å². The molecule has 0 unspecified atom stereocenters. The van der Waals surface area contributed by atoms with E-state index >= 15 is 4.39 Å². The van der Waals surface area contributed by atoms with Crippen LogP contribution >= 0.6 is 0 Å². The van der Waals surface area contributed by atoms with E-state index in [4.69, 9.17) is 10.5 Å². The summed E-state index contributed by atoms with van der Waals surface area (Å²) in [6.45, 7) is 7.02. The van der Waals surface area contributed by atoms with Crippen molar-refractivity contribution in [1.82, 2.24) is 29.6 Å². The van der Waals surface area contributed by atoms with E-state index in [1.807, 2.05) is 11.8 Å². The number of nitrogen functional groups attached to an aromatic ring is 1. The van der Waals surface area contributed by atoms with Crippen molar-refractivity contribution in [2.45, 2.75) is 23.8 Å². The minimum atomic E-state index is -3.85. The molecule has 1 aromatic carbocycles. The molecule has 2 aliphatic rings. The van der Waals surface area contributed by atoms with Crippen molar-refractivity contribution in [2.75, 3.05) is 49.7 Å². The lowest BCUT2D eigenvalue weighted by Crippen LogP contribution is -2.54. The number of fused-ring (bicyclic) bond motifs is 1. The smallest absolute Gasteiger partial charge is 0.355 e. The molecule has 2 aliphatic heterocycles. The lowest BCUT2D eigenvalue weighted by molar-refractivity contribution is -0.126. The number of ether oxygens (including phenoxy) is 1. The molecule has 1 atom stereocenters. The Labute approximate surface area is 245 Å². The number of anilines is 2. The van der Waals surface area contributed by atoms with Gasteiger partial charge in [-0.3, -0.25) is 9.89 Å². The number of sulfone groups is 1. The fourth-order valence-corrected chi connectivity index (χ4v) is 6.50. The van der Waals surface area contributed by atoms with Gasteiger partial charge in [0.1, 0.15) is 17.2 Å². The molecule has 6 rings (SSSR count). The zero-order chi connectivity index (χ0) is 30.6. The number of H-pyrrole nitrogens is 1. The van der Waals surface area contributed by atoms with E-state index in [1.54, 1.807) is 17.0 Å². The van der Waals surface area contributed by atoms with Crippen molar-refractivity contribution >= 4 is 38.3 Å². The number of nitrogens with zero attached hydrogens (tertiary/aromatic N) is 6. The molecule has 13 nitrogen and oxygen atoms in total. The number of para-hydroxylation sites is 1. The van der Waals surface area contributed by atoms with Crippen molar-refractivity contribution in [3.63, 3.8) is 0 Å². The van der Waals surface area contributed by atoms with Crippen LogP contribution in [0.25, 0.3) is 28.1 Å². The second-order valence-corrected chi connectivity index (χ2v) is 12.7. The summed E-state index contributed by atoms with van der Waals surface area (Å²) in [6, 6.07) is 5.66. The number of halogens is 1. The lowest BCUT2D eigenvalue weighted by atomic mass is 9.95. The first kappa shape index (κ1) is 28.5. The molecule has 43 heavy (non-hydrogen) atoms. The van der Waals surface area contributed by atoms with Gasteiger partial charge in [-0.1, -0.05) is 18.7 Å². The number of aromatic amines is 1. The number of rotatable bonds is 6. The van der Waals surface area contributed by atoms with Crippen molar-refractivity contribution in [3.05, 3.63) is 65.0 Å². The van der Waals surface area contributed by atoms with E-state index in [0.29, 0.717) is 38.4 Å². The third-order valence-corrected chi connectivity index (χ3v) is 8.95. The molecule has 1 amide bonds. The minimum Gasteiger partial charge on any atom is -0.396 e. The number of pyridine rings is 1. The number of aromatic nitrogens is 5. The Balaban J connectivity index is 1.66. The summed E-state index contributed by atoms with van der Waals surface area (Å²) in [6.07, 6.45) is 3.60. The normalized spacial score (nSPS) is 17.7. The summed E-state index contributed by atoms with van der Waals surface area (Å²) < 4.78 is 48.4. The van der Waals surface area contributed by atoms with Crippen LogP contribution in [0.3, 0.4) is 0 Å². The van der Waals surface area contributed by atoms with E-state index in [2.05, 4.69) is 26.7 Å². The van der Waals surface area contributed by atoms with Gasteiger partial charge >= 0.3 is 5.69 Å². The van der Waals surface area contributed by atoms with Gasteiger partial charge in [0, 0.05) is 37.8 Å². The van der Waals surface area contributed by atoms with Crippen LogP contribution in [-0.4, -0.2) is 89.1 Å². The molecule has 0 spiro atoms. The molecular weight excluding hydrogens is 579 g/mol. The predicted molar refractivity (Wildman–Crippen MR) is 157 cm³/mol. The zero-order valence-electron chi connectivity index (χ0n) is 23.4. The molecule has 0 aliphatic carbocycles. The standard InChI is InChI=1S/C28H29FN8O5S/c1-4-22(38)35-8-9-36(15(2)12-35)26-18-10-19(29)23(24-20(30)11-31-34-24)32-27(18)37(28(39)33-26)25-17(16-13-42-14-16)6-5-7-21(25)43(3,40)41/h4-7,10-11,15-16H,1,8-9,12-14,30H2,2-3H3,(H,31,34)/t15-/m0/s1. The van der Waals surface area contributed by atoms with E-state index in [0.717, 1.165) is 10.8 Å². The highest BCUT2D eigenvalue weighted by molar-refractivity contribution is 7.90. The highest BCUT2D eigenvalue weighted by atomic mass is 32.2. The Hall–Kier alpha value is -4.63. The molecule has 2 saturated heterocycles. The summed E-state index contributed by atoms with van der Waals surface area (Å²) in [4.78, 5) is 38.7. The number of hydrogen-bond acceptors (Lipinski definition) is 10. The fraction of sp³-hybridized carbons (Fsp3) is 0.321. The maximum absolute atomic E-state index is 15.8. The number of nitrogens with one attached hydrogen (secondary N) is 1. The summed E-state index contributed by atoms with van der Waals surface area (Å²) >= 11 is 0. The van der Waals surface area contributed by atoms with Gasteiger partial charge in [0.05, 0.1) is 41.1 Å². The van der Waals surface area contributed by atoms with Crippen LogP contribution in [-0.2, 0) is 19.4 Å². The maximum Gasteiger partial charge on any atom is 0.355 e. The van der Waals surface area contributed by atoms with Crippen LogP contribution in [0.1, 0.15) is 18.4 Å². The van der Waals surface area contributed by atoms with Crippen LogP contribution in [0.15, 0.2) is 52.8 Å². The highest BCUT2D eigenvalue weighted by Crippen LogP contribution is 2.37. The summed E-state index contributed by atoms with van der Waals surface area (Å²) in [5.41, 5.74) is 5.89. The largest absolute Gasteiger partial charge is 0.396 e. The SMILES string of the molecule is C=CC(=O)N1CCN(c2nc(=O)n(-c3c(C4COC4)cccc3S(C)(=O)=O)c3nc(-c4[nH]ncc4N)c(F)cc23)[C@@H](C)C1. The summed E-state index contributed by atoms with van der Waals surface area (Å²) in [5.74, 6) is -1.000. The van der Waals surface area contributed by atoms with Crippen LogP contribution in [0.5, 0.6) is 0 Å². The Kier molecular flexibility index (Phi) is 7.01. The highest BCUT2D eigenvalue weighted by Gasteiger charge is 2.33. The first-order chi connectivity index (χ1) is 20.5. The Morgan fingerprint density at radius 1 is 1.26 bits per heavy atom. The number of carbonyl (C=O) groups excluding carboxylic acids is 1. The molecule has 5 heterocycles. The second kappa shape index (κ2) is 10.6. The summed E-state index contributed by atoms with van der Waals surface area (Å²) in [5, 5.41) is 6.69. The van der Waals surface area contributed by atoms with Crippen molar-refractivity contribution in [1.29, 1.82) is 0 Å². The first-order valence-electron chi connectivity index (χ1n) is 13.5. The predicted octanol–water partition coefficient (Wildman–Crippen LogP) is 1.63. The van der Waals surface area contributed by atoms with E-state index in [9.17, 15) is 18.0 Å². The zero-order valence-corrected chi connectivity index (χ0v) is 24.3. The molecule has 4 aromatic rings. The van der Waals surface area contributed by atoms with Gasteiger partial charge in [-0.2, -0.15) is 10.1 Å². The quantitative estimate of drug-likeness (QED) is 0.307. The average Bonchev–Trinajstić information content (AvgIpc) is 3.36. The number of benzene rings is 1. The van der Waals surface area contributed by atoms with Gasteiger partial charge in [0.2, 0.25) is 5.91 Å². The molecule has 0 bridgehead atoms. The molecule has 0 radical (unpaired) electrons. The number of amides is 1. The summed E-state index contributed by atoms with van der Waals surface area (Å²) in [7, 11) is -3.85. The Morgan fingerprint density at radius 3 is 2.63 bits per heavy atom. The topological polar surface area (TPSA) is 169 Å². The number of hydrogen-bond donors (Lipinski definition) is 2. The maximum atomic E-state index is 15.8. The third-order valence-electron chi connectivity index (χ3n) is 7.82. The molecule has 15 heteroatoms. The number of nitrogens with two attached hydrogens (primary N) is 1. The van der Waals surface area contributed by atoms with Crippen molar-refractivity contribution in [2.24, 2.45) is 0 Å². The number of carbonyl (C=O) groups is 1. The number of piperazine rings is 1. The van der Waals surface area contributed by atoms with Gasteiger partial charge in [-0.15, -0.1) is 0 Å². The second-order valence-electron chi connectivity index (χ2n) is 10.7. The van der Waals surface area contributed by atoms with E-state index in [1.165, 1.54) is 24.4 Å². The Bertz CT molecular complexity index is 1950. The molecule has 224 valence electrons. The molecule has 2 fully saturated rings. The van der Waals surface area contributed by atoms with Crippen LogP contribution < -0.4 is 16.3 Å². The van der Waals surface area contributed by atoms with Crippen molar-refractivity contribution in [3.8, 4) is 17.1 Å². The molecule has 3 N–H and O–H groups in total. The average molecular weight is 609 g/mol.